The highest BCUT2D eigenvalue weighted by molar-refractivity contribution is 5.80. The predicted octanol–water partition coefficient (Wildman–Crippen LogP) is 3.12. The van der Waals surface area contributed by atoms with Crippen LogP contribution in [-0.4, -0.2) is 84.0 Å². The Kier molecular flexibility index (Phi) is 5.96. The molecule has 0 amide bonds. The number of ether oxygens (including phenoxy) is 2. The second-order valence-corrected chi connectivity index (χ2v) is 6.89. The van der Waals surface area contributed by atoms with Gasteiger partial charge in [-0.1, -0.05) is 0 Å². The zero-order valence-corrected chi connectivity index (χ0v) is 15.6. The number of nitrogens with zero attached hydrogens (tertiary/aromatic N) is 2. The summed E-state index contributed by atoms with van der Waals surface area (Å²) < 4.78 is 174. The van der Waals surface area contributed by atoms with Crippen LogP contribution in [0.2, 0.25) is 0 Å². The molecule has 0 aromatic rings. The molecule has 2 aliphatic heterocycles. The average Bonchev–Trinajstić information content (AvgIpc) is 3.13. The van der Waals surface area contributed by atoms with Crippen molar-refractivity contribution in [3.8, 4) is 0 Å². The molecular weight excluding hydrogens is 488 g/mol. The van der Waals surface area contributed by atoms with Crippen molar-refractivity contribution < 1.29 is 71.7 Å². The van der Waals surface area contributed by atoms with Crippen molar-refractivity contribution in [3.63, 3.8) is 0 Å². The van der Waals surface area contributed by atoms with E-state index in [0.717, 1.165) is 0 Å². The number of halogens is 12. The minimum Gasteiger partial charge on any atom is -0.468 e. The van der Waals surface area contributed by atoms with Crippen LogP contribution in [0.15, 0.2) is 0 Å². The lowest BCUT2D eigenvalue weighted by Crippen LogP contribution is -2.71. The van der Waals surface area contributed by atoms with Crippen LogP contribution in [0.5, 0.6) is 0 Å². The number of hydrogen-bond donors (Lipinski definition) is 0. The highest BCUT2D eigenvalue weighted by atomic mass is 19.4. The van der Waals surface area contributed by atoms with E-state index in [1.54, 1.807) is 0 Å². The van der Waals surface area contributed by atoms with Gasteiger partial charge >= 0.3 is 36.6 Å². The standard InChI is InChI=1S/C14H12F12N2O4/c1-31-7(29)5-3-9(11(15,16)17,12(18,19)20)28-6(8(30)32-2)4-10(27(5)28,13(21,22)23)14(24,25)26/h5-6H,3-4H2,1-2H3. The molecule has 0 saturated carbocycles. The number of methoxy groups -OCH3 is 2. The molecule has 0 N–H and O–H groups in total. The van der Waals surface area contributed by atoms with Crippen LogP contribution in [0.25, 0.3) is 0 Å². The van der Waals surface area contributed by atoms with Crippen LogP contribution >= 0.6 is 0 Å². The molecule has 186 valence electrons. The predicted molar refractivity (Wildman–Crippen MR) is 74.2 cm³/mol. The molecule has 18 heteroatoms. The first-order chi connectivity index (χ1) is 14.2. The maximum atomic E-state index is 13.8. The van der Waals surface area contributed by atoms with E-state index in [1.807, 2.05) is 0 Å². The first-order valence-electron chi connectivity index (χ1n) is 8.17. The quantitative estimate of drug-likeness (QED) is 0.429. The molecule has 0 bridgehead atoms. The summed E-state index contributed by atoms with van der Waals surface area (Å²) in [7, 11) is 0.676. The Balaban J connectivity index is 3.05. The summed E-state index contributed by atoms with van der Waals surface area (Å²) in [5.41, 5.74) is -11.0. The van der Waals surface area contributed by atoms with E-state index < -0.39 is 82.7 Å². The molecule has 2 rings (SSSR count). The maximum absolute atomic E-state index is 13.8. The normalized spacial score (nSPS) is 26.7. The summed E-state index contributed by atoms with van der Waals surface area (Å²) in [6, 6.07) is -6.72. The third kappa shape index (κ3) is 3.19. The second-order valence-electron chi connectivity index (χ2n) is 6.89. The molecule has 2 aliphatic rings. The lowest BCUT2D eigenvalue weighted by Gasteiger charge is -2.45. The number of esters is 2. The summed E-state index contributed by atoms with van der Waals surface area (Å²) in [6.07, 6.45) is -31.7. The molecule has 2 heterocycles. The van der Waals surface area contributed by atoms with Gasteiger partial charge in [0.15, 0.2) is 0 Å². The molecule has 0 aromatic heterocycles. The van der Waals surface area contributed by atoms with Crippen molar-refractivity contribution >= 4 is 11.9 Å². The molecule has 2 saturated heterocycles. The van der Waals surface area contributed by atoms with Crippen molar-refractivity contribution in [1.82, 2.24) is 10.0 Å². The van der Waals surface area contributed by atoms with Gasteiger partial charge in [0.1, 0.15) is 12.1 Å². The fourth-order valence-electron chi connectivity index (χ4n) is 4.06. The van der Waals surface area contributed by atoms with E-state index in [0.29, 0.717) is 14.2 Å². The maximum Gasteiger partial charge on any atom is 0.417 e. The molecular formula is C14H12F12N2O4. The Bertz CT molecular complexity index is 680. The molecule has 0 aliphatic carbocycles. The second kappa shape index (κ2) is 7.26. The minimum absolute atomic E-state index is 0.338. The van der Waals surface area contributed by atoms with E-state index in [4.69, 9.17) is 0 Å². The Morgan fingerprint density at radius 2 is 0.844 bits per heavy atom. The highest BCUT2D eigenvalue weighted by Gasteiger charge is 2.90. The molecule has 2 fully saturated rings. The number of alkyl halides is 12. The Morgan fingerprint density at radius 3 is 1.00 bits per heavy atom. The van der Waals surface area contributed by atoms with Gasteiger partial charge in [0.2, 0.25) is 11.1 Å². The molecule has 2 unspecified atom stereocenters. The van der Waals surface area contributed by atoms with Crippen molar-refractivity contribution in [2.45, 2.75) is 60.7 Å². The van der Waals surface area contributed by atoms with Gasteiger partial charge in [0.25, 0.3) is 0 Å². The Labute approximate surface area is 169 Å². The van der Waals surface area contributed by atoms with Gasteiger partial charge in [-0.2, -0.15) is 52.7 Å². The number of hydrazine groups is 1. The van der Waals surface area contributed by atoms with Gasteiger partial charge < -0.3 is 9.47 Å². The van der Waals surface area contributed by atoms with Crippen LogP contribution < -0.4 is 0 Å². The fourth-order valence-corrected chi connectivity index (χ4v) is 4.06. The van der Waals surface area contributed by atoms with Gasteiger partial charge in [-0.05, 0) is 0 Å². The molecule has 2 atom stereocenters. The van der Waals surface area contributed by atoms with E-state index in [-0.39, 0.29) is 0 Å². The number of carbonyl (C=O) groups excluding carboxylic acids is 2. The molecule has 0 spiro atoms. The third-order valence-electron chi connectivity index (χ3n) is 5.40. The van der Waals surface area contributed by atoms with Crippen LogP contribution in [0.1, 0.15) is 12.8 Å². The highest BCUT2D eigenvalue weighted by Crippen LogP contribution is 2.65. The van der Waals surface area contributed by atoms with Gasteiger partial charge in [0, 0.05) is 12.8 Å². The van der Waals surface area contributed by atoms with Gasteiger partial charge in [-0.25, -0.2) is 10.0 Å². The molecule has 6 nitrogen and oxygen atoms in total. The summed E-state index contributed by atoms with van der Waals surface area (Å²) in [5.74, 6) is -4.48. The van der Waals surface area contributed by atoms with Gasteiger partial charge in [-0.15, -0.1) is 0 Å². The number of rotatable bonds is 2. The Hall–Kier alpha value is -1.98. The number of hydrogen-bond acceptors (Lipinski definition) is 6. The van der Waals surface area contributed by atoms with Gasteiger partial charge in [0.05, 0.1) is 14.2 Å². The van der Waals surface area contributed by atoms with E-state index in [9.17, 15) is 62.3 Å². The van der Waals surface area contributed by atoms with Crippen LogP contribution in [0.3, 0.4) is 0 Å². The smallest absolute Gasteiger partial charge is 0.417 e. The summed E-state index contributed by atoms with van der Waals surface area (Å²) in [4.78, 5) is 23.8. The zero-order valence-electron chi connectivity index (χ0n) is 15.6. The van der Waals surface area contributed by atoms with E-state index in [1.165, 1.54) is 0 Å². The summed E-state index contributed by atoms with van der Waals surface area (Å²) in [5, 5.41) is -2.83. The summed E-state index contributed by atoms with van der Waals surface area (Å²) in [6.45, 7) is 0. The lowest BCUT2D eigenvalue weighted by molar-refractivity contribution is -0.382. The average molecular weight is 500 g/mol. The summed E-state index contributed by atoms with van der Waals surface area (Å²) >= 11 is 0. The number of fused-ring (bicyclic) bond motifs is 1. The first kappa shape index (κ1) is 26.3. The topological polar surface area (TPSA) is 59.1 Å². The van der Waals surface area contributed by atoms with Crippen molar-refractivity contribution in [1.29, 1.82) is 0 Å². The first-order valence-corrected chi connectivity index (χ1v) is 8.17. The monoisotopic (exact) mass is 500 g/mol. The largest absolute Gasteiger partial charge is 0.468 e. The van der Waals surface area contributed by atoms with Crippen molar-refractivity contribution in [2.24, 2.45) is 0 Å². The SMILES string of the molecule is COC(=O)C1CC(C(F)(F)F)(C(F)(F)F)N2C(C(=O)OC)CC(C(F)(F)F)(C(F)(F)F)N12. The lowest BCUT2D eigenvalue weighted by atomic mass is 9.84. The third-order valence-corrected chi connectivity index (χ3v) is 5.40. The van der Waals surface area contributed by atoms with Crippen molar-refractivity contribution in [2.75, 3.05) is 14.2 Å². The molecule has 0 aromatic carbocycles. The van der Waals surface area contributed by atoms with Gasteiger partial charge in [-0.3, -0.25) is 9.59 Å². The number of carbonyl (C=O) groups is 2. The zero-order chi connectivity index (χ0) is 25.3. The minimum atomic E-state index is -6.59. The van der Waals surface area contributed by atoms with Crippen LogP contribution in [0.4, 0.5) is 52.7 Å². The molecule has 0 radical (unpaired) electrons. The van der Waals surface area contributed by atoms with E-state index >= 15 is 0 Å². The Morgan fingerprint density at radius 1 is 0.625 bits per heavy atom. The van der Waals surface area contributed by atoms with Crippen LogP contribution in [-0.2, 0) is 19.1 Å². The fraction of sp³-hybridized carbons (Fsp3) is 0.857. The molecule has 32 heavy (non-hydrogen) atoms. The van der Waals surface area contributed by atoms with Crippen LogP contribution in [0, 0.1) is 0 Å². The van der Waals surface area contributed by atoms with E-state index in [2.05, 4.69) is 9.47 Å². The van der Waals surface area contributed by atoms with Crippen molar-refractivity contribution in [3.05, 3.63) is 0 Å².